The summed E-state index contributed by atoms with van der Waals surface area (Å²) in [6, 6.07) is 14.4. The fourth-order valence-electron chi connectivity index (χ4n) is 3.24. The molecule has 3 aromatic rings. The Morgan fingerprint density at radius 1 is 1.10 bits per heavy atom. The second kappa shape index (κ2) is 9.18. The van der Waals surface area contributed by atoms with Crippen LogP contribution in [0.15, 0.2) is 53.9 Å². The summed E-state index contributed by atoms with van der Waals surface area (Å²) in [5.41, 5.74) is 2.50. The van der Waals surface area contributed by atoms with Gasteiger partial charge in [-0.05, 0) is 29.7 Å². The summed E-state index contributed by atoms with van der Waals surface area (Å²) in [4.78, 5) is 29.8. The summed E-state index contributed by atoms with van der Waals surface area (Å²) >= 11 is 1.33. The monoisotopic (exact) mass is 437 g/mol. The molecule has 0 saturated carbocycles. The highest BCUT2D eigenvalue weighted by Gasteiger charge is 2.25. The minimum absolute atomic E-state index is 0.0759. The summed E-state index contributed by atoms with van der Waals surface area (Å²) in [6.45, 7) is 4.00. The molecule has 1 aromatic heterocycles. The maximum Gasteiger partial charge on any atom is 0.248 e. The van der Waals surface area contributed by atoms with E-state index in [1.807, 2.05) is 67.8 Å². The maximum absolute atomic E-state index is 12.8. The summed E-state index contributed by atoms with van der Waals surface area (Å²) < 4.78 is 10.7. The van der Waals surface area contributed by atoms with Crippen LogP contribution in [0, 0.1) is 5.92 Å². The number of nitrogens with one attached hydrogen (secondary N) is 2. The number of rotatable bonds is 7. The Labute approximate surface area is 184 Å². The van der Waals surface area contributed by atoms with Gasteiger partial charge in [0, 0.05) is 10.9 Å². The largest absolute Gasteiger partial charge is 0.454 e. The SMILES string of the molecule is CC(C)C(NC(=O)Cc1ccccc1)C(=O)Nc1nc(-c2ccc3c(c2)OCO3)cs1. The van der Waals surface area contributed by atoms with Crippen molar-refractivity contribution in [3.63, 3.8) is 0 Å². The molecule has 2 heterocycles. The topological polar surface area (TPSA) is 89.6 Å². The van der Waals surface area contributed by atoms with Crippen molar-refractivity contribution in [3.05, 3.63) is 59.5 Å². The lowest BCUT2D eigenvalue weighted by Crippen LogP contribution is -2.47. The summed E-state index contributed by atoms with van der Waals surface area (Å²) in [5.74, 6) is 0.826. The molecule has 0 radical (unpaired) electrons. The number of carbonyl (C=O) groups excluding carboxylic acids is 2. The second-order valence-corrected chi connectivity index (χ2v) is 8.40. The van der Waals surface area contributed by atoms with Gasteiger partial charge in [0.15, 0.2) is 16.6 Å². The zero-order valence-electron chi connectivity index (χ0n) is 17.3. The quantitative estimate of drug-likeness (QED) is 0.586. The maximum atomic E-state index is 12.8. The highest BCUT2D eigenvalue weighted by Crippen LogP contribution is 2.36. The molecule has 8 heteroatoms. The van der Waals surface area contributed by atoms with Crippen molar-refractivity contribution in [2.45, 2.75) is 26.3 Å². The number of hydrogen-bond donors (Lipinski definition) is 2. The van der Waals surface area contributed by atoms with Crippen LogP contribution in [0.3, 0.4) is 0 Å². The molecule has 1 aliphatic rings. The normalized spacial score (nSPS) is 13.1. The Morgan fingerprint density at radius 3 is 2.65 bits per heavy atom. The Hall–Kier alpha value is -3.39. The van der Waals surface area contributed by atoms with E-state index in [1.54, 1.807) is 0 Å². The number of fused-ring (bicyclic) bond motifs is 1. The molecule has 1 unspecified atom stereocenters. The van der Waals surface area contributed by atoms with Gasteiger partial charge in [0.1, 0.15) is 6.04 Å². The van der Waals surface area contributed by atoms with Crippen LogP contribution in [0.1, 0.15) is 19.4 Å². The summed E-state index contributed by atoms with van der Waals surface area (Å²) in [6.07, 6.45) is 0.225. The van der Waals surface area contributed by atoms with Crippen molar-refractivity contribution in [3.8, 4) is 22.8 Å². The second-order valence-electron chi connectivity index (χ2n) is 7.55. The Kier molecular flexibility index (Phi) is 6.18. The van der Waals surface area contributed by atoms with E-state index in [9.17, 15) is 9.59 Å². The van der Waals surface area contributed by atoms with Crippen LogP contribution < -0.4 is 20.1 Å². The number of aromatic nitrogens is 1. The predicted octanol–water partition coefficient (Wildman–Crippen LogP) is 3.86. The molecular weight excluding hydrogens is 414 g/mol. The molecule has 31 heavy (non-hydrogen) atoms. The van der Waals surface area contributed by atoms with E-state index in [2.05, 4.69) is 15.6 Å². The molecule has 0 saturated heterocycles. The van der Waals surface area contributed by atoms with Crippen LogP contribution in [0.25, 0.3) is 11.3 Å². The van der Waals surface area contributed by atoms with E-state index in [1.165, 1.54) is 11.3 Å². The number of nitrogens with zero attached hydrogens (tertiary/aromatic N) is 1. The van der Waals surface area contributed by atoms with Gasteiger partial charge in [0.05, 0.1) is 12.1 Å². The number of anilines is 1. The first-order valence-corrected chi connectivity index (χ1v) is 10.9. The smallest absolute Gasteiger partial charge is 0.248 e. The van der Waals surface area contributed by atoms with Gasteiger partial charge in [-0.1, -0.05) is 44.2 Å². The lowest BCUT2D eigenvalue weighted by Gasteiger charge is -2.21. The van der Waals surface area contributed by atoms with Crippen LogP contribution in [-0.2, 0) is 16.0 Å². The Balaban J connectivity index is 1.40. The predicted molar refractivity (Wildman–Crippen MR) is 119 cm³/mol. The molecular formula is C23H23N3O4S. The third kappa shape index (κ3) is 5.03. The van der Waals surface area contributed by atoms with Gasteiger partial charge >= 0.3 is 0 Å². The molecule has 0 spiro atoms. The van der Waals surface area contributed by atoms with Crippen molar-refractivity contribution in [2.24, 2.45) is 5.92 Å². The van der Waals surface area contributed by atoms with E-state index in [-0.39, 0.29) is 30.9 Å². The number of hydrogen-bond acceptors (Lipinski definition) is 6. The molecule has 2 N–H and O–H groups in total. The lowest BCUT2D eigenvalue weighted by molar-refractivity contribution is -0.127. The summed E-state index contributed by atoms with van der Waals surface area (Å²) in [7, 11) is 0. The lowest BCUT2D eigenvalue weighted by atomic mass is 10.0. The minimum Gasteiger partial charge on any atom is -0.454 e. The highest BCUT2D eigenvalue weighted by molar-refractivity contribution is 7.14. The molecule has 0 bridgehead atoms. The Morgan fingerprint density at radius 2 is 1.87 bits per heavy atom. The van der Waals surface area contributed by atoms with Gasteiger partial charge in [-0.3, -0.25) is 9.59 Å². The van der Waals surface area contributed by atoms with Gasteiger partial charge in [-0.15, -0.1) is 11.3 Å². The number of thiazole rings is 1. The molecule has 2 aromatic carbocycles. The van der Waals surface area contributed by atoms with Crippen LogP contribution >= 0.6 is 11.3 Å². The fourth-order valence-corrected chi connectivity index (χ4v) is 3.97. The van der Waals surface area contributed by atoms with E-state index in [4.69, 9.17) is 9.47 Å². The van der Waals surface area contributed by atoms with E-state index in [0.29, 0.717) is 16.6 Å². The van der Waals surface area contributed by atoms with E-state index in [0.717, 1.165) is 16.8 Å². The van der Waals surface area contributed by atoms with Gasteiger partial charge in [-0.2, -0.15) is 0 Å². The van der Waals surface area contributed by atoms with Crippen LogP contribution in [0.2, 0.25) is 0 Å². The zero-order valence-corrected chi connectivity index (χ0v) is 18.1. The van der Waals surface area contributed by atoms with E-state index < -0.39 is 6.04 Å². The highest BCUT2D eigenvalue weighted by atomic mass is 32.1. The molecule has 0 fully saturated rings. The van der Waals surface area contributed by atoms with Crippen molar-refractivity contribution >= 4 is 28.3 Å². The standard InChI is InChI=1S/C23H23N3O4S/c1-14(2)21(25-20(27)10-15-6-4-3-5-7-15)22(28)26-23-24-17(12-31-23)16-8-9-18-19(11-16)30-13-29-18/h3-9,11-12,14,21H,10,13H2,1-2H3,(H,25,27)(H,24,26,28). The van der Waals surface area contributed by atoms with Crippen LogP contribution in [0.5, 0.6) is 11.5 Å². The van der Waals surface area contributed by atoms with Crippen molar-refractivity contribution in [2.75, 3.05) is 12.1 Å². The minimum atomic E-state index is -0.658. The van der Waals surface area contributed by atoms with Gasteiger partial charge in [0.2, 0.25) is 18.6 Å². The van der Waals surface area contributed by atoms with Crippen molar-refractivity contribution < 1.29 is 19.1 Å². The van der Waals surface area contributed by atoms with Gasteiger partial charge in [0.25, 0.3) is 0 Å². The average Bonchev–Trinajstić information content (AvgIpc) is 3.41. The number of benzene rings is 2. The molecule has 4 rings (SSSR count). The fraction of sp³-hybridized carbons (Fsp3) is 0.261. The number of carbonyl (C=O) groups is 2. The summed E-state index contributed by atoms with van der Waals surface area (Å²) in [5, 5.41) is 8.02. The van der Waals surface area contributed by atoms with E-state index >= 15 is 0 Å². The number of ether oxygens (including phenoxy) is 2. The average molecular weight is 438 g/mol. The molecule has 0 aliphatic carbocycles. The van der Waals surface area contributed by atoms with Gasteiger partial charge in [-0.25, -0.2) is 4.98 Å². The molecule has 1 aliphatic heterocycles. The molecule has 2 amide bonds. The van der Waals surface area contributed by atoms with Crippen molar-refractivity contribution in [1.82, 2.24) is 10.3 Å². The molecule has 7 nitrogen and oxygen atoms in total. The third-order valence-corrected chi connectivity index (χ3v) is 5.63. The zero-order chi connectivity index (χ0) is 21.8. The van der Waals surface area contributed by atoms with Crippen molar-refractivity contribution in [1.29, 1.82) is 0 Å². The van der Waals surface area contributed by atoms with Crippen LogP contribution in [-0.4, -0.2) is 29.6 Å². The first kappa shape index (κ1) is 20.9. The number of amides is 2. The first-order valence-electron chi connectivity index (χ1n) is 9.99. The van der Waals surface area contributed by atoms with Crippen LogP contribution in [0.4, 0.5) is 5.13 Å². The van der Waals surface area contributed by atoms with Gasteiger partial charge < -0.3 is 20.1 Å². The molecule has 1 atom stereocenters. The molecule has 160 valence electrons. The first-order chi connectivity index (χ1) is 15.0. The third-order valence-electron chi connectivity index (χ3n) is 4.88. The Bertz CT molecular complexity index is 1080.